The van der Waals surface area contributed by atoms with E-state index in [1.54, 1.807) is 45.6 Å². The van der Waals surface area contributed by atoms with E-state index < -0.39 is 0 Å². The fraction of sp³-hybridized carbons (Fsp3) is 0.211. The van der Waals surface area contributed by atoms with Crippen LogP contribution in [0.4, 0.5) is 0 Å². The molecule has 0 saturated carbocycles. The molecule has 0 unspecified atom stereocenters. The first kappa shape index (κ1) is 17.4. The second-order valence-electron chi connectivity index (χ2n) is 5.38. The van der Waals surface area contributed by atoms with Crippen LogP contribution in [0.3, 0.4) is 0 Å². The predicted octanol–water partition coefficient (Wildman–Crippen LogP) is 4.13. The van der Waals surface area contributed by atoms with Gasteiger partial charge in [0.05, 0.1) is 31.4 Å². The lowest BCUT2D eigenvalue weighted by Gasteiger charge is -2.20. The number of ether oxygens (including phenoxy) is 4. The van der Waals surface area contributed by atoms with Gasteiger partial charge < -0.3 is 18.9 Å². The summed E-state index contributed by atoms with van der Waals surface area (Å²) in [6, 6.07) is 8.91. The normalized spacial score (nSPS) is 14.7. The molecule has 6 heteroatoms. The molecule has 5 nitrogen and oxygen atoms in total. The molecule has 0 bridgehead atoms. The molecule has 0 aromatic heterocycles. The Morgan fingerprint density at radius 1 is 1.00 bits per heavy atom. The molecule has 0 fully saturated rings. The molecule has 0 radical (unpaired) electrons. The van der Waals surface area contributed by atoms with E-state index in [-0.39, 0.29) is 12.4 Å². The van der Waals surface area contributed by atoms with E-state index >= 15 is 0 Å². The van der Waals surface area contributed by atoms with E-state index in [2.05, 4.69) is 15.9 Å². The Kier molecular flexibility index (Phi) is 4.99. The average Bonchev–Trinajstić information content (AvgIpc) is 2.64. The highest BCUT2D eigenvalue weighted by atomic mass is 79.9. The molecule has 1 aliphatic heterocycles. The lowest BCUT2D eigenvalue weighted by molar-refractivity contribution is 0.100. The van der Waals surface area contributed by atoms with Gasteiger partial charge in [0, 0.05) is 11.6 Å². The smallest absolute Gasteiger partial charge is 0.196 e. The Labute approximate surface area is 154 Å². The number of carbonyl (C=O) groups excluding carboxylic acids is 1. The molecular formula is C19H17BrO5. The van der Waals surface area contributed by atoms with E-state index in [0.717, 1.165) is 5.56 Å². The topological polar surface area (TPSA) is 54.0 Å². The van der Waals surface area contributed by atoms with Gasteiger partial charge in [0.2, 0.25) is 0 Å². The summed E-state index contributed by atoms with van der Waals surface area (Å²) >= 11 is 3.40. The molecule has 0 N–H and O–H groups in total. The number of hydrogen-bond acceptors (Lipinski definition) is 5. The summed E-state index contributed by atoms with van der Waals surface area (Å²) in [6.45, 7) is 0.199. The number of halogens is 1. The number of hydrogen-bond donors (Lipinski definition) is 0. The van der Waals surface area contributed by atoms with Crippen molar-refractivity contribution >= 4 is 27.8 Å². The summed E-state index contributed by atoms with van der Waals surface area (Å²) in [4.78, 5) is 12.8. The SMILES string of the molecule is COc1cc2c(cc1Br)C(=O)/C(=C/c1ccc(OC)c(OC)c1)CO2. The van der Waals surface area contributed by atoms with Crippen LogP contribution in [0.25, 0.3) is 6.08 Å². The van der Waals surface area contributed by atoms with Crippen LogP contribution in [-0.2, 0) is 0 Å². The van der Waals surface area contributed by atoms with Crippen LogP contribution < -0.4 is 18.9 Å². The van der Waals surface area contributed by atoms with Gasteiger partial charge >= 0.3 is 0 Å². The van der Waals surface area contributed by atoms with E-state index in [4.69, 9.17) is 18.9 Å². The van der Waals surface area contributed by atoms with Crippen LogP contribution in [0.15, 0.2) is 40.4 Å². The second-order valence-corrected chi connectivity index (χ2v) is 6.24. The van der Waals surface area contributed by atoms with Crippen molar-refractivity contribution in [3.8, 4) is 23.0 Å². The molecule has 0 aliphatic carbocycles. The third-order valence-corrected chi connectivity index (χ3v) is 4.54. The van der Waals surface area contributed by atoms with Gasteiger partial charge in [-0.3, -0.25) is 4.79 Å². The average molecular weight is 405 g/mol. The van der Waals surface area contributed by atoms with Crippen molar-refractivity contribution in [3.05, 3.63) is 51.5 Å². The molecule has 130 valence electrons. The summed E-state index contributed by atoms with van der Waals surface area (Å²) in [6.07, 6.45) is 1.80. The summed E-state index contributed by atoms with van der Waals surface area (Å²) in [5.74, 6) is 2.32. The number of carbonyl (C=O) groups is 1. The number of rotatable bonds is 4. The van der Waals surface area contributed by atoms with Crippen LogP contribution in [-0.4, -0.2) is 33.7 Å². The van der Waals surface area contributed by atoms with Gasteiger partial charge in [0.1, 0.15) is 18.1 Å². The van der Waals surface area contributed by atoms with Crippen LogP contribution in [0.5, 0.6) is 23.0 Å². The van der Waals surface area contributed by atoms with Crippen molar-refractivity contribution in [1.82, 2.24) is 0 Å². The summed E-state index contributed by atoms with van der Waals surface area (Å²) in [7, 11) is 4.72. The molecule has 25 heavy (non-hydrogen) atoms. The minimum Gasteiger partial charge on any atom is -0.495 e. The van der Waals surface area contributed by atoms with E-state index in [1.165, 1.54) is 0 Å². The number of methoxy groups -OCH3 is 3. The molecule has 0 spiro atoms. The Bertz CT molecular complexity index is 857. The van der Waals surface area contributed by atoms with E-state index in [1.807, 2.05) is 12.1 Å². The van der Waals surface area contributed by atoms with Gasteiger partial charge in [-0.2, -0.15) is 0 Å². The standard InChI is InChI=1S/C19H17BrO5/c1-22-15-5-4-11(7-18(15)24-3)6-12-10-25-16-9-17(23-2)14(20)8-13(16)19(12)21/h4-9H,10H2,1-3H3/b12-6+. The van der Waals surface area contributed by atoms with Gasteiger partial charge in [0.25, 0.3) is 0 Å². The Balaban J connectivity index is 1.96. The van der Waals surface area contributed by atoms with Gasteiger partial charge in [-0.1, -0.05) is 6.07 Å². The highest BCUT2D eigenvalue weighted by molar-refractivity contribution is 9.10. The molecule has 0 amide bonds. The van der Waals surface area contributed by atoms with Gasteiger partial charge in [-0.15, -0.1) is 0 Å². The van der Waals surface area contributed by atoms with Gasteiger partial charge in [-0.05, 0) is 45.8 Å². The molecular weight excluding hydrogens is 388 g/mol. The van der Waals surface area contributed by atoms with Crippen molar-refractivity contribution in [3.63, 3.8) is 0 Å². The van der Waals surface area contributed by atoms with E-state index in [0.29, 0.717) is 38.6 Å². The molecule has 2 aromatic carbocycles. The van der Waals surface area contributed by atoms with Crippen molar-refractivity contribution in [2.75, 3.05) is 27.9 Å². The zero-order valence-electron chi connectivity index (χ0n) is 14.1. The zero-order valence-corrected chi connectivity index (χ0v) is 15.7. The highest BCUT2D eigenvalue weighted by Crippen LogP contribution is 2.37. The number of benzene rings is 2. The van der Waals surface area contributed by atoms with Crippen LogP contribution in [0, 0.1) is 0 Å². The quantitative estimate of drug-likeness (QED) is 0.716. The zero-order chi connectivity index (χ0) is 18.0. The summed E-state index contributed by atoms with van der Waals surface area (Å²) in [5.41, 5.74) is 1.91. The van der Waals surface area contributed by atoms with Crippen LogP contribution in [0.1, 0.15) is 15.9 Å². The molecule has 3 rings (SSSR count). The summed E-state index contributed by atoms with van der Waals surface area (Å²) in [5, 5.41) is 0. The molecule has 2 aromatic rings. The minimum absolute atomic E-state index is 0.0700. The molecule has 1 heterocycles. The fourth-order valence-corrected chi connectivity index (χ4v) is 3.14. The van der Waals surface area contributed by atoms with Gasteiger partial charge in [-0.25, -0.2) is 0 Å². The largest absolute Gasteiger partial charge is 0.495 e. The van der Waals surface area contributed by atoms with E-state index in [9.17, 15) is 4.79 Å². The number of fused-ring (bicyclic) bond motifs is 1. The molecule has 0 saturated heterocycles. The number of ketones is 1. The summed E-state index contributed by atoms with van der Waals surface area (Å²) < 4.78 is 22.2. The van der Waals surface area contributed by atoms with Crippen molar-refractivity contribution in [2.45, 2.75) is 0 Å². The van der Waals surface area contributed by atoms with Crippen LogP contribution in [0.2, 0.25) is 0 Å². The van der Waals surface area contributed by atoms with Gasteiger partial charge in [0.15, 0.2) is 17.3 Å². The Morgan fingerprint density at radius 3 is 2.40 bits per heavy atom. The first-order valence-corrected chi connectivity index (χ1v) is 8.34. The molecule has 1 aliphatic rings. The predicted molar refractivity (Wildman–Crippen MR) is 98.0 cm³/mol. The Morgan fingerprint density at radius 2 is 1.72 bits per heavy atom. The second kappa shape index (κ2) is 7.19. The minimum atomic E-state index is -0.0700. The monoisotopic (exact) mass is 404 g/mol. The number of Topliss-reactive ketones (excluding diaryl/α,β-unsaturated/α-hetero) is 1. The highest BCUT2D eigenvalue weighted by Gasteiger charge is 2.25. The van der Waals surface area contributed by atoms with Crippen molar-refractivity contribution in [2.24, 2.45) is 0 Å². The fourth-order valence-electron chi connectivity index (χ4n) is 2.63. The lowest BCUT2D eigenvalue weighted by Crippen LogP contribution is -2.19. The first-order chi connectivity index (χ1) is 12.1. The third-order valence-electron chi connectivity index (χ3n) is 3.92. The van der Waals surface area contributed by atoms with Crippen molar-refractivity contribution < 1.29 is 23.7 Å². The lowest BCUT2D eigenvalue weighted by atomic mass is 9.98. The maximum atomic E-state index is 12.8. The maximum absolute atomic E-state index is 12.8. The molecule has 0 atom stereocenters. The Hall–Kier alpha value is -2.47. The maximum Gasteiger partial charge on any atom is 0.196 e. The van der Waals surface area contributed by atoms with Crippen molar-refractivity contribution in [1.29, 1.82) is 0 Å². The third kappa shape index (κ3) is 3.35. The first-order valence-electron chi connectivity index (χ1n) is 7.55. The van der Waals surface area contributed by atoms with Crippen LogP contribution >= 0.6 is 15.9 Å².